The summed E-state index contributed by atoms with van der Waals surface area (Å²) in [5.74, 6) is -5.06. The highest BCUT2D eigenvalue weighted by Crippen LogP contribution is 2.33. The minimum Gasteiger partial charge on any atom is -0.483 e. The van der Waals surface area contributed by atoms with Gasteiger partial charge in [-0.25, -0.2) is 8.78 Å². The van der Waals surface area contributed by atoms with Crippen LogP contribution in [0.2, 0.25) is 0 Å². The number of carbonyl (C=O) groups excluding carboxylic acids is 3. The number of benzene rings is 2. The summed E-state index contributed by atoms with van der Waals surface area (Å²) in [5.41, 5.74) is 2.40. The third-order valence-electron chi connectivity index (χ3n) is 6.44. The highest BCUT2D eigenvalue weighted by molar-refractivity contribution is 5.91. The van der Waals surface area contributed by atoms with E-state index in [0.717, 1.165) is 11.1 Å². The number of rotatable bonds is 11. The van der Waals surface area contributed by atoms with Crippen molar-refractivity contribution in [1.82, 2.24) is 15.5 Å². The molecule has 206 valence electrons. The molecule has 0 aliphatic carbocycles. The molecule has 3 atom stereocenters. The Bertz CT molecular complexity index is 1110. The molecule has 10 heteroatoms. The zero-order valence-electron chi connectivity index (χ0n) is 21.9. The lowest BCUT2D eigenvalue weighted by molar-refractivity contribution is -0.147. The fraction of sp³-hybridized carbons (Fsp3) is 0.464. The lowest BCUT2D eigenvalue weighted by Crippen LogP contribution is -2.56. The Balaban J connectivity index is 1.77. The predicted molar refractivity (Wildman–Crippen MR) is 138 cm³/mol. The second kappa shape index (κ2) is 12.8. The number of aryl methyl sites for hydroxylation is 2. The van der Waals surface area contributed by atoms with Gasteiger partial charge in [-0.2, -0.15) is 0 Å². The fourth-order valence-corrected chi connectivity index (χ4v) is 4.51. The number of carbonyl (C=O) groups is 3. The van der Waals surface area contributed by atoms with E-state index in [4.69, 9.17) is 4.74 Å². The Morgan fingerprint density at radius 1 is 1.11 bits per heavy atom. The van der Waals surface area contributed by atoms with Crippen LogP contribution in [0.25, 0.3) is 0 Å². The third-order valence-corrected chi connectivity index (χ3v) is 6.44. The smallest absolute Gasteiger partial charge is 0.267 e. The second-order valence-corrected chi connectivity index (χ2v) is 9.65. The molecule has 1 heterocycles. The number of nitrogens with one attached hydrogen (secondary N) is 2. The lowest BCUT2D eigenvalue weighted by atomic mass is 9.99. The maximum Gasteiger partial charge on any atom is 0.267 e. The number of para-hydroxylation sites is 1. The van der Waals surface area contributed by atoms with Crippen molar-refractivity contribution in [1.29, 1.82) is 0 Å². The minimum atomic E-state index is -3.28. The van der Waals surface area contributed by atoms with Gasteiger partial charge in [0.1, 0.15) is 11.8 Å². The number of hydrogen-bond acceptors (Lipinski definition) is 5. The monoisotopic (exact) mass is 531 g/mol. The molecule has 2 aromatic rings. The van der Waals surface area contributed by atoms with Gasteiger partial charge in [0.25, 0.3) is 17.7 Å². The van der Waals surface area contributed by atoms with Crippen molar-refractivity contribution >= 4 is 17.7 Å². The topological polar surface area (TPSA) is 108 Å². The highest BCUT2D eigenvalue weighted by Gasteiger charge is 2.51. The molecule has 3 unspecified atom stereocenters. The minimum absolute atomic E-state index is 0.0554. The number of nitrogens with zero attached hydrogens (tertiary/aromatic N) is 1. The van der Waals surface area contributed by atoms with E-state index < -0.39 is 54.8 Å². The summed E-state index contributed by atoms with van der Waals surface area (Å²) in [5, 5.41) is 16.2. The second-order valence-electron chi connectivity index (χ2n) is 9.65. The summed E-state index contributed by atoms with van der Waals surface area (Å²) in [6.07, 6.45) is -2.05. The molecular weight excluding hydrogens is 496 g/mol. The summed E-state index contributed by atoms with van der Waals surface area (Å²) < 4.78 is 34.3. The third kappa shape index (κ3) is 7.50. The molecule has 0 radical (unpaired) electrons. The van der Waals surface area contributed by atoms with Gasteiger partial charge >= 0.3 is 0 Å². The number of amides is 3. The van der Waals surface area contributed by atoms with Crippen LogP contribution in [-0.4, -0.2) is 71.5 Å². The number of halogens is 2. The lowest BCUT2D eigenvalue weighted by Gasteiger charge is -2.30. The van der Waals surface area contributed by atoms with Crippen LogP contribution in [0.5, 0.6) is 5.75 Å². The van der Waals surface area contributed by atoms with Crippen LogP contribution in [0.4, 0.5) is 8.78 Å². The molecule has 0 saturated carbocycles. The van der Waals surface area contributed by atoms with Gasteiger partial charge in [0.15, 0.2) is 12.7 Å². The number of aliphatic hydroxyl groups is 1. The largest absolute Gasteiger partial charge is 0.483 e. The zero-order chi connectivity index (χ0) is 27.9. The van der Waals surface area contributed by atoms with Crippen LogP contribution in [-0.2, 0) is 20.8 Å². The molecule has 1 fully saturated rings. The van der Waals surface area contributed by atoms with E-state index in [1.54, 1.807) is 30.3 Å². The molecule has 1 aliphatic rings. The number of likely N-dealkylation sites (tertiary alicyclic amines) is 1. The van der Waals surface area contributed by atoms with Crippen LogP contribution < -0.4 is 15.4 Å². The first-order valence-electron chi connectivity index (χ1n) is 12.7. The molecule has 0 aromatic heterocycles. The highest BCUT2D eigenvalue weighted by atomic mass is 19.3. The van der Waals surface area contributed by atoms with Gasteiger partial charge in [-0.3, -0.25) is 14.4 Å². The molecule has 0 bridgehead atoms. The maximum atomic E-state index is 14.3. The van der Waals surface area contributed by atoms with E-state index in [0.29, 0.717) is 22.6 Å². The van der Waals surface area contributed by atoms with Gasteiger partial charge in [0, 0.05) is 13.0 Å². The molecule has 1 aliphatic heterocycles. The van der Waals surface area contributed by atoms with Crippen molar-refractivity contribution in [3.05, 3.63) is 65.2 Å². The zero-order valence-corrected chi connectivity index (χ0v) is 21.9. The summed E-state index contributed by atoms with van der Waals surface area (Å²) >= 11 is 0. The first-order chi connectivity index (χ1) is 18.0. The van der Waals surface area contributed by atoms with Gasteiger partial charge in [-0.05, 0) is 43.4 Å². The SMILES string of the molecule is CCCNC(=O)C1CC(F)(F)CN1C(=O)C(O)C(Cc1ccccc1)NC(=O)COc1c(C)cccc1C. The molecule has 0 spiro atoms. The molecule has 3 amide bonds. The normalized spacial score (nSPS) is 17.9. The first-order valence-corrected chi connectivity index (χ1v) is 12.7. The van der Waals surface area contributed by atoms with Crippen molar-refractivity contribution in [3.8, 4) is 5.75 Å². The van der Waals surface area contributed by atoms with E-state index in [9.17, 15) is 28.3 Å². The van der Waals surface area contributed by atoms with E-state index in [2.05, 4.69) is 10.6 Å². The Morgan fingerprint density at radius 2 is 1.76 bits per heavy atom. The Labute approximate surface area is 221 Å². The molecule has 3 rings (SSSR count). The molecule has 3 N–H and O–H groups in total. The van der Waals surface area contributed by atoms with Crippen LogP contribution in [0, 0.1) is 13.8 Å². The number of ether oxygens (including phenoxy) is 1. The van der Waals surface area contributed by atoms with E-state index >= 15 is 0 Å². The average Bonchev–Trinajstić information content (AvgIpc) is 3.21. The Morgan fingerprint density at radius 3 is 2.39 bits per heavy atom. The predicted octanol–water partition coefficient (Wildman–Crippen LogP) is 2.53. The van der Waals surface area contributed by atoms with E-state index in [1.165, 1.54) is 0 Å². The fourth-order valence-electron chi connectivity index (χ4n) is 4.51. The van der Waals surface area contributed by atoms with E-state index in [1.807, 2.05) is 39.0 Å². The van der Waals surface area contributed by atoms with Gasteiger partial charge in [0.2, 0.25) is 5.91 Å². The van der Waals surface area contributed by atoms with E-state index in [-0.39, 0.29) is 19.6 Å². The maximum absolute atomic E-state index is 14.3. The quantitative estimate of drug-likeness (QED) is 0.413. The summed E-state index contributed by atoms with van der Waals surface area (Å²) in [6, 6.07) is 11.8. The van der Waals surface area contributed by atoms with Crippen molar-refractivity contribution in [2.24, 2.45) is 0 Å². The van der Waals surface area contributed by atoms with Crippen LogP contribution in [0.15, 0.2) is 48.5 Å². The van der Waals surface area contributed by atoms with Gasteiger partial charge in [-0.15, -0.1) is 0 Å². The molecule has 8 nitrogen and oxygen atoms in total. The summed E-state index contributed by atoms with van der Waals surface area (Å²) in [7, 11) is 0. The number of hydrogen-bond donors (Lipinski definition) is 3. The average molecular weight is 532 g/mol. The van der Waals surface area contributed by atoms with Crippen molar-refractivity contribution in [2.45, 2.75) is 64.1 Å². The van der Waals surface area contributed by atoms with Crippen LogP contribution in [0.3, 0.4) is 0 Å². The van der Waals surface area contributed by atoms with Gasteiger partial charge in [0.05, 0.1) is 12.6 Å². The standard InChI is InChI=1S/C28H35F2N3O5/c1-4-13-31-26(36)22-15-28(29,30)17-33(22)27(37)24(35)21(14-20-11-6-5-7-12-20)32-23(34)16-38-25-18(2)9-8-10-19(25)3/h5-12,21-22,24,35H,4,13-17H2,1-3H3,(H,31,36)(H,32,34). The Hall–Kier alpha value is -3.53. The molecule has 1 saturated heterocycles. The van der Waals surface area contributed by atoms with Crippen molar-refractivity contribution in [3.63, 3.8) is 0 Å². The molecule has 2 aromatic carbocycles. The number of aliphatic hydroxyl groups excluding tert-OH is 1. The van der Waals surface area contributed by atoms with Crippen molar-refractivity contribution in [2.75, 3.05) is 19.7 Å². The van der Waals surface area contributed by atoms with Gasteiger partial charge in [-0.1, -0.05) is 55.5 Å². The van der Waals surface area contributed by atoms with Crippen LogP contribution >= 0.6 is 0 Å². The first kappa shape index (κ1) is 29.0. The summed E-state index contributed by atoms with van der Waals surface area (Å²) in [6.45, 7) is 4.42. The van der Waals surface area contributed by atoms with Gasteiger partial charge < -0.3 is 25.4 Å². The number of alkyl halides is 2. The summed E-state index contributed by atoms with van der Waals surface area (Å²) in [4.78, 5) is 39.4. The molecular formula is C28H35F2N3O5. The van der Waals surface area contributed by atoms with Crippen molar-refractivity contribution < 1.29 is 33.0 Å². The Kier molecular flexibility index (Phi) is 9.79. The van der Waals surface area contributed by atoms with Crippen LogP contribution in [0.1, 0.15) is 36.5 Å². The molecule has 38 heavy (non-hydrogen) atoms.